The number of pyridine rings is 1. The lowest BCUT2D eigenvalue weighted by Gasteiger charge is -2.29. The molecule has 0 atom stereocenters. The molecule has 0 radical (unpaired) electrons. The third-order valence-corrected chi connectivity index (χ3v) is 3.12. The molecule has 0 bridgehead atoms. The second-order valence-corrected chi connectivity index (χ2v) is 4.33. The third-order valence-electron chi connectivity index (χ3n) is 2.93. The fraction of sp³-hybridized carbons (Fsp3) is 0.545. The van der Waals surface area contributed by atoms with Crippen LogP contribution in [0.3, 0.4) is 0 Å². The van der Waals surface area contributed by atoms with E-state index in [4.69, 9.17) is 21.1 Å². The molecule has 16 heavy (non-hydrogen) atoms. The summed E-state index contributed by atoms with van der Waals surface area (Å²) in [5, 5.41) is 0.547. The predicted molar refractivity (Wildman–Crippen MR) is 61.5 cm³/mol. The van der Waals surface area contributed by atoms with Crippen molar-refractivity contribution in [1.82, 2.24) is 4.98 Å². The number of rotatable bonds is 1. The first-order valence-corrected chi connectivity index (χ1v) is 5.87. The van der Waals surface area contributed by atoms with Crippen molar-refractivity contribution in [3.05, 3.63) is 16.9 Å². The summed E-state index contributed by atoms with van der Waals surface area (Å²) in [6.45, 7) is 4.00. The maximum atomic E-state index is 6.02. The minimum atomic E-state index is 0.547. The SMILES string of the molecule is Clc1cc(N2CCOCC2)c2c(n1)CCO2. The number of ether oxygens (including phenoxy) is 2. The Morgan fingerprint density at radius 3 is 2.88 bits per heavy atom. The van der Waals surface area contributed by atoms with E-state index in [0.717, 1.165) is 49.9 Å². The molecule has 0 N–H and O–H groups in total. The van der Waals surface area contributed by atoms with Crippen molar-refractivity contribution in [2.24, 2.45) is 0 Å². The number of nitrogens with zero attached hydrogens (tertiary/aromatic N) is 2. The van der Waals surface area contributed by atoms with Crippen LogP contribution < -0.4 is 9.64 Å². The summed E-state index contributed by atoms with van der Waals surface area (Å²) in [4.78, 5) is 6.54. The molecule has 1 saturated heterocycles. The number of anilines is 1. The van der Waals surface area contributed by atoms with Crippen LogP contribution in [0.25, 0.3) is 0 Å². The molecule has 1 aromatic rings. The molecule has 3 rings (SSSR count). The molecule has 1 aromatic heterocycles. The van der Waals surface area contributed by atoms with Crippen molar-refractivity contribution >= 4 is 17.3 Å². The van der Waals surface area contributed by atoms with Gasteiger partial charge in [-0.3, -0.25) is 0 Å². The van der Waals surface area contributed by atoms with E-state index in [1.165, 1.54) is 0 Å². The van der Waals surface area contributed by atoms with Gasteiger partial charge in [-0.05, 0) is 0 Å². The summed E-state index contributed by atoms with van der Waals surface area (Å²) in [5.74, 6) is 0.909. The maximum Gasteiger partial charge on any atom is 0.164 e. The number of morpholine rings is 1. The van der Waals surface area contributed by atoms with Gasteiger partial charge in [-0.2, -0.15) is 0 Å². The zero-order valence-electron chi connectivity index (χ0n) is 8.91. The van der Waals surface area contributed by atoms with Crippen LogP contribution in [0.1, 0.15) is 5.69 Å². The molecule has 5 heteroatoms. The van der Waals surface area contributed by atoms with E-state index in [0.29, 0.717) is 11.8 Å². The van der Waals surface area contributed by atoms with Crippen LogP contribution in [-0.4, -0.2) is 37.9 Å². The van der Waals surface area contributed by atoms with E-state index >= 15 is 0 Å². The Hall–Kier alpha value is -1.00. The van der Waals surface area contributed by atoms with Gasteiger partial charge in [0, 0.05) is 25.6 Å². The number of fused-ring (bicyclic) bond motifs is 1. The number of hydrogen-bond donors (Lipinski definition) is 0. The van der Waals surface area contributed by atoms with Crippen molar-refractivity contribution in [3.8, 4) is 5.75 Å². The molecule has 0 aromatic carbocycles. The zero-order chi connectivity index (χ0) is 11.0. The third kappa shape index (κ3) is 1.72. The Morgan fingerprint density at radius 1 is 1.25 bits per heavy atom. The second-order valence-electron chi connectivity index (χ2n) is 3.94. The molecule has 2 aliphatic rings. The zero-order valence-corrected chi connectivity index (χ0v) is 9.66. The van der Waals surface area contributed by atoms with Crippen molar-refractivity contribution in [2.45, 2.75) is 6.42 Å². The Labute approximate surface area is 99.1 Å². The smallest absolute Gasteiger partial charge is 0.164 e. The lowest BCUT2D eigenvalue weighted by molar-refractivity contribution is 0.122. The molecule has 1 fully saturated rings. The average Bonchev–Trinajstić information content (AvgIpc) is 2.77. The van der Waals surface area contributed by atoms with Gasteiger partial charge in [-0.25, -0.2) is 4.98 Å². The molecule has 86 valence electrons. The summed E-state index contributed by atoms with van der Waals surface area (Å²) in [6, 6.07) is 1.89. The molecule has 0 aliphatic carbocycles. The van der Waals surface area contributed by atoms with Crippen LogP contribution in [-0.2, 0) is 11.2 Å². The van der Waals surface area contributed by atoms with Crippen molar-refractivity contribution in [1.29, 1.82) is 0 Å². The Bertz CT molecular complexity index is 405. The second kappa shape index (κ2) is 4.11. The van der Waals surface area contributed by atoms with Gasteiger partial charge in [-0.15, -0.1) is 0 Å². The topological polar surface area (TPSA) is 34.6 Å². The average molecular weight is 241 g/mol. The number of hydrogen-bond acceptors (Lipinski definition) is 4. The minimum Gasteiger partial charge on any atom is -0.489 e. The monoisotopic (exact) mass is 240 g/mol. The maximum absolute atomic E-state index is 6.02. The first-order valence-electron chi connectivity index (χ1n) is 5.49. The molecule has 3 heterocycles. The van der Waals surface area contributed by atoms with Gasteiger partial charge >= 0.3 is 0 Å². The highest BCUT2D eigenvalue weighted by molar-refractivity contribution is 6.29. The first-order chi connectivity index (χ1) is 7.84. The normalized spacial score (nSPS) is 19.4. The molecular weight excluding hydrogens is 228 g/mol. The van der Waals surface area contributed by atoms with Crippen LogP contribution in [0.15, 0.2) is 6.07 Å². The number of aromatic nitrogens is 1. The van der Waals surface area contributed by atoms with Gasteiger partial charge in [0.1, 0.15) is 5.15 Å². The molecule has 0 saturated carbocycles. The summed E-state index contributed by atoms with van der Waals surface area (Å²) in [5.41, 5.74) is 2.05. The van der Waals surface area contributed by atoms with Crippen molar-refractivity contribution in [2.75, 3.05) is 37.8 Å². The highest BCUT2D eigenvalue weighted by atomic mass is 35.5. The fourth-order valence-electron chi connectivity index (χ4n) is 2.15. The largest absolute Gasteiger partial charge is 0.489 e. The van der Waals surface area contributed by atoms with E-state index in [2.05, 4.69) is 9.88 Å². The lowest BCUT2D eigenvalue weighted by atomic mass is 10.2. The van der Waals surface area contributed by atoms with Gasteiger partial charge in [0.05, 0.1) is 31.2 Å². The lowest BCUT2D eigenvalue weighted by Crippen LogP contribution is -2.36. The summed E-state index contributed by atoms with van der Waals surface area (Å²) in [7, 11) is 0. The molecule has 0 amide bonds. The standard InChI is InChI=1S/C11H13ClN2O2/c12-10-7-9(14-2-5-15-6-3-14)11-8(13-10)1-4-16-11/h7H,1-6H2. The Kier molecular flexibility index (Phi) is 2.61. The van der Waals surface area contributed by atoms with Crippen LogP contribution in [0.5, 0.6) is 5.75 Å². The molecule has 0 spiro atoms. The van der Waals surface area contributed by atoms with E-state index in [1.54, 1.807) is 0 Å². The van der Waals surface area contributed by atoms with Crippen LogP contribution in [0, 0.1) is 0 Å². The van der Waals surface area contributed by atoms with Crippen molar-refractivity contribution < 1.29 is 9.47 Å². The summed E-state index contributed by atoms with van der Waals surface area (Å²) in [6.07, 6.45) is 0.854. The summed E-state index contributed by atoms with van der Waals surface area (Å²) >= 11 is 6.02. The molecule has 0 unspecified atom stereocenters. The van der Waals surface area contributed by atoms with Crippen LogP contribution >= 0.6 is 11.6 Å². The van der Waals surface area contributed by atoms with Gasteiger partial charge in [-0.1, -0.05) is 11.6 Å². The van der Waals surface area contributed by atoms with Gasteiger partial charge in [0.15, 0.2) is 5.75 Å². The highest BCUT2D eigenvalue weighted by Crippen LogP contribution is 2.37. The molecule has 2 aliphatic heterocycles. The predicted octanol–water partition coefficient (Wildman–Crippen LogP) is 1.51. The van der Waals surface area contributed by atoms with Gasteiger partial charge < -0.3 is 14.4 Å². The molecular formula is C11H13ClN2O2. The van der Waals surface area contributed by atoms with Crippen LogP contribution in [0.4, 0.5) is 5.69 Å². The first kappa shape index (κ1) is 10.2. The van der Waals surface area contributed by atoms with Crippen molar-refractivity contribution in [3.63, 3.8) is 0 Å². The van der Waals surface area contributed by atoms with Crippen LogP contribution in [0.2, 0.25) is 5.15 Å². The summed E-state index contributed by atoms with van der Waals surface area (Å²) < 4.78 is 11.0. The van der Waals surface area contributed by atoms with E-state index in [1.807, 2.05) is 6.07 Å². The van der Waals surface area contributed by atoms with E-state index in [-0.39, 0.29) is 0 Å². The quantitative estimate of drug-likeness (QED) is 0.697. The fourth-order valence-corrected chi connectivity index (χ4v) is 2.36. The van der Waals surface area contributed by atoms with E-state index < -0.39 is 0 Å². The van der Waals surface area contributed by atoms with E-state index in [9.17, 15) is 0 Å². The highest BCUT2D eigenvalue weighted by Gasteiger charge is 2.23. The molecule has 4 nitrogen and oxygen atoms in total. The Morgan fingerprint density at radius 2 is 2.06 bits per heavy atom. The minimum absolute atomic E-state index is 0.547. The Balaban J connectivity index is 1.99. The number of halogens is 1. The van der Waals surface area contributed by atoms with Gasteiger partial charge in [0.2, 0.25) is 0 Å². The van der Waals surface area contributed by atoms with Gasteiger partial charge in [0.25, 0.3) is 0 Å².